The molecule has 1 aromatic heterocycles. The molecule has 1 unspecified atom stereocenters. The quantitative estimate of drug-likeness (QED) is 0.839. The molecule has 7 heteroatoms. The van der Waals surface area contributed by atoms with Crippen LogP contribution in [0.5, 0.6) is 0 Å². The summed E-state index contributed by atoms with van der Waals surface area (Å²) >= 11 is 6.88. The molecule has 0 amide bonds. The number of halogens is 1. The Balaban J connectivity index is 2.14. The second-order valence-corrected chi connectivity index (χ2v) is 8.95. The number of para-hydroxylation sites is 1. The van der Waals surface area contributed by atoms with E-state index in [0.29, 0.717) is 12.2 Å². The van der Waals surface area contributed by atoms with Gasteiger partial charge in [-0.1, -0.05) is 48.1 Å². The third-order valence-corrected chi connectivity index (χ3v) is 7.19. The maximum atomic E-state index is 13.0. The molecule has 21 heavy (non-hydrogen) atoms. The lowest BCUT2D eigenvalue weighted by Crippen LogP contribution is -2.39. The summed E-state index contributed by atoms with van der Waals surface area (Å²) in [5.74, 6) is 0.276. The minimum atomic E-state index is -3.61. The summed E-state index contributed by atoms with van der Waals surface area (Å²) < 4.78 is 27.9. The van der Waals surface area contributed by atoms with E-state index in [9.17, 15) is 8.42 Å². The van der Waals surface area contributed by atoms with Gasteiger partial charge in [-0.05, 0) is 30.9 Å². The second kappa shape index (κ2) is 5.26. The molecule has 3 rings (SSSR count). The van der Waals surface area contributed by atoms with Gasteiger partial charge in [0, 0.05) is 6.54 Å². The van der Waals surface area contributed by atoms with E-state index in [0.717, 1.165) is 29.0 Å². The van der Waals surface area contributed by atoms with E-state index in [1.807, 2.05) is 24.3 Å². The molecule has 4 nitrogen and oxygen atoms in total. The molecule has 1 aliphatic heterocycles. The molecule has 1 aliphatic rings. The summed E-state index contributed by atoms with van der Waals surface area (Å²) in [6.07, 6.45) is 0.893. The smallest absolute Gasteiger partial charge is 0.265 e. The monoisotopic (exact) mass is 342 g/mol. The van der Waals surface area contributed by atoms with Crippen LogP contribution >= 0.6 is 22.9 Å². The van der Waals surface area contributed by atoms with E-state index in [2.05, 4.69) is 11.9 Å². The summed E-state index contributed by atoms with van der Waals surface area (Å²) in [6, 6.07) is 7.65. The Kier molecular flexibility index (Phi) is 3.71. The maximum Gasteiger partial charge on any atom is 0.275 e. The number of anilines is 1. The first-order chi connectivity index (χ1) is 9.89. The van der Waals surface area contributed by atoms with Gasteiger partial charge in [0.15, 0.2) is 8.68 Å². The Hall–Kier alpha value is -1.11. The number of fused-ring (bicyclic) bond motifs is 1. The normalized spacial score (nSPS) is 18.6. The Morgan fingerprint density at radius 2 is 2.10 bits per heavy atom. The minimum Gasteiger partial charge on any atom is -0.265 e. The number of aryl methyl sites for hydroxylation is 1. The molecule has 0 fully saturated rings. The number of hydrogen-bond acceptors (Lipinski definition) is 4. The van der Waals surface area contributed by atoms with E-state index in [1.165, 1.54) is 4.31 Å². The summed E-state index contributed by atoms with van der Waals surface area (Å²) in [5.41, 5.74) is 2.29. The number of sulfonamides is 1. The van der Waals surface area contributed by atoms with Gasteiger partial charge in [-0.15, -0.1) is 0 Å². The molecule has 0 bridgehead atoms. The van der Waals surface area contributed by atoms with E-state index in [-0.39, 0.29) is 14.6 Å². The first kappa shape index (κ1) is 14.8. The van der Waals surface area contributed by atoms with Gasteiger partial charge >= 0.3 is 0 Å². The van der Waals surface area contributed by atoms with E-state index in [1.54, 1.807) is 6.92 Å². The SMILES string of the molecule is Cc1nc(Cl)sc1S(=O)(=O)N1CC(C)Cc2ccccc21. The number of nitrogens with zero attached hydrogens (tertiary/aromatic N) is 2. The summed E-state index contributed by atoms with van der Waals surface area (Å²) in [5, 5.41) is 0. The first-order valence-electron chi connectivity index (χ1n) is 6.63. The first-order valence-corrected chi connectivity index (χ1v) is 9.26. The van der Waals surface area contributed by atoms with Crippen molar-refractivity contribution >= 4 is 38.6 Å². The number of aromatic nitrogens is 1. The number of hydrogen-bond donors (Lipinski definition) is 0. The van der Waals surface area contributed by atoms with Gasteiger partial charge in [-0.2, -0.15) is 0 Å². The lowest BCUT2D eigenvalue weighted by molar-refractivity contribution is 0.545. The van der Waals surface area contributed by atoms with E-state index < -0.39 is 10.0 Å². The third kappa shape index (κ3) is 2.56. The van der Waals surface area contributed by atoms with Gasteiger partial charge in [-0.3, -0.25) is 4.31 Å². The second-order valence-electron chi connectivity index (χ2n) is 5.31. The highest BCUT2D eigenvalue weighted by atomic mass is 35.5. The van der Waals surface area contributed by atoms with Gasteiger partial charge in [0.2, 0.25) is 0 Å². The highest BCUT2D eigenvalue weighted by molar-refractivity contribution is 7.94. The zero-order chi connectivity index (χ0) is 15.2. The van der Waals surface area contributed by atoms with Crippen LogP contribution in [0.1, 0.15) is 18.2 Å². The van der Waals surface area contributed by atoms with Crippen molar-refractivity contribution in [2.75, 3.05) is 10.8 Å². The average molecular weight is 343 g/mol. The summed E-state index contributed by atoms with van der Waals surface area (Å²) in [7, 11) is -3.61. The molecular weight excluding hydrogens is 328 g/mol. The van der Waals surface area contributed by atoms with Crippen molar-refractivity contribution in [3.63, 3.8) is 0 Å². The lowest BCUT2D eigenvalue weighted by atomic mass is 9.96. The highest BCUT2D eigenvalue weighted by Crippen LogP contribution is 2.37. The third-order valence-electron chi connectivity index (χ3n) is 3.56. The minimum absolute atomic E-state index is 0.233. The predicted molar refractivity (Wildman–Crippen MR) is 85.7 cm³/mol. The zero-order valence-corrected chi connectivity index (χ0v) is 14.1. The van der Waals surface area contributed by atoms with Crippen LogP contribution in [0.4, 0.5) is 5.69 Å². The summed E-state index contributed by atoms with van der Waals surface area (Å²) in [4.78, 5) is 4.03. The molecule has 0 radical (unpaired) electrons. The number of thiazole rings is 1. The van der Waals surface area contributed by atoms with Crippen LogP contribution in [0.25, 0.3) is 0 Å². The molecule has 2 aromatic rings. The molecule has 0 saturated heterocycles. The molecule has 1 aromatic carbocycles. The highest BCUT2D eigenvalue weighted by Gasteiger charge is 2.34. The number of benzene rings is 1. The standard InChI is InChI=1S/C14H15ClN2O2S2/c1-9-7-11-5-3-4-6-12(11)17(8-9)21(18,19)13-10(2)16-14(15)20-13/h3-6,9H,7-8H2,1-2H3. The fourth-order valence-electron chi connectivity index (χ4n) is 2.67. The van der Waals surface area contributed by atoms with Crippen LogP contribution < -0.4 is 4.31 Å². The van der Waals surface area contributed by atoms with Gasteiger partial charge < -0.3 is 0 Å². The van der Waals surface area contributed by atoms with Crippen molar-refractivity contribution in [1.29, 1.82) is 0 Å². The van der Waals surface area contributed by atoms with Crippen molar-refractivity contribution in [3.8, 4) is 0 Å². The lowest BCUT2D eigenvalue weighted by Gasteiger charge is -2.33. The van der Waals surface area contributed by atoms with Crippen molar-refractivity contribution in [2.45, 2.75) is 24.5 Å². The number of rotatable bonds is 2. The van der Waals surface area contributed by atoms with Crippen LogP contribution in [0.3, 0.4) is 0 Å². The fourth-order valence-corrected chi connectivity index (χ4v) is 6.13. The van der Waals surface area contributed by atoms with Crippen molar-refractivity contribution in [2.24, 2.45) is 5.92 Å². The Morgan fingerprint density at radius 3 is 2.76 bits per heavy atom. The van der Waals surface area contributed by atoms with Crippen LogP contribution in [-0.2, 0) is 16.4 Å². The summed E-state index contributed by atoms with van der Waals surface area (Å²) in [6.45, 7) is 4.22. The molecule has 1 atom stereocenters. The topological polar surface area (TPSA) is 50.3 Å². The van der Waals surface area contributed by atoms with Crippen molar-refractivity contribution in [1.82, 2.24) is 4.98 Å². The molecule has 2 heterocycles. The molecule has 0 N–H and O–H groups in total. The van der Waals surface area contributed by atoms with Crippen LogP contribution in [0.15, 0.2) is 28.5 Å². The molecular formula is C14H15ClN2O2S2. The zero-order valence-electron chi connectivity index (χ0n) is 11.7. The largest absolute Gasteiger partial charge is 0.275 e. The Labute approximate surface area is 133 Å². The van der Waals surface area contributed by atoms with E-state index >= 15 is 0 Å². The predicted octanol–water partition coefficient (Wildman–Crippen LogP) is 3.49. The van der Waals surface area contributed by atoms with E-state index in [4.69, 9.17) is 11.6 Å². The van der Waals surface area contributed by atoms with Gasteiger partial charge in [0.05, 0.1) is 11.4 Å². The van der Waals surface area contributed by atoms with Gasteiger partial charge in [0.25, 0.3) is 10.0 Å². The van der Waals surface area contributed by atoms with Crippen molar-refractivity contribution in [3.05, 3.63) is 40.0 Å². The van der Waals surface area contributed by atoms with Gasteiger partial charge in [0.1, 0.15) is 0 Å². The fraction of sp³-hybridized carbons (Fsp3) is 0.357. The Bertz CT molecular complexity index is 786. The molecule has 112 valence electrons. The van der Waals surface area contributed by atoms with Crippen LogP contribution in [0, 0.1) is 12.8 Å². The maximum absolute atomic E-state index is 13.0. The van der Waals surface area contributed by atoms with Crippen LogP contribution in [0.2, 0.25) is 4.47 Å². The van der Waals surface area contributed by atoms with Crippen LogP contribution in [-0.4, -0.2) is 19.9 Å². The Morgan fingerprint density at radius 1 is 1.38 bits per heavy atom. The molecule has 0 aliphatic carbocycles. The average Bonchev–Trinajstić information content (AvgIpc) is 2.77. The van der Waals surface area contributed by atoms with Gasteiger partial charge in [-0.25, -0.2) is 13.4 Å². The molecule has 0 spiro atoms. The van der Waals surface area contributed by atoms with Crippen molar-refractivity contribution < 1.29 is 8.42 Å². The molecule has 0 saturated carbocycles.